The molecule has 1 heterocycles. The van der Waals surface area contributed by atoms with E-state index in [1.54, 1.807) is 7.05 Å². The maximum absolute atomic E-state index is 11.1. The van der Waals surface area contributed by atoms with Crippen LogP contribution in [0.1, 0.15) is 9.67 Å². The van der Waals surface area contributed by atoms with Crippen LogP contribution in [0.2, 0.25) is 0 Å². The summed E-state index contributed by atoms with van der Waals surface area (Å²) in [5, 5.41) is 2.87. The van der Waals surface area contributed by atoms with Gasteiger partial charge in [-0.25, -0.2) is 4.79 Å². The van der Waals surface area contributed by atoms with Crippen molar-refractivity contribution in [1.29, 1.82) is 0 Å². The van der Waals surface area contributed by atoms with E-state index in [1.807, 2.05) is 0 Å². The fourth-order valence-electron chi connectivity index (χ4n) is 0.700. The van der Waals surface area contributed by atoms with Crippen molar-refractivity contribution < 1.29 is 9.53 Å². The number of rotatable bonds is 2. The normalized spacial score (nSPS) is 9.50. The van der Waals surface area contributed by atoms with E-state index in [0.717, 1.165) is 0 Å². The molecule has 0 radical (unpaired) electrons. The van der Waals surface area contributed by atoms with Crippen molar-refractivity contribution in [1.82, 2.24) is 0 Å². The molecule has 0 spiro atoms. The molecule has 0 fully saturated rings. The summed E-state index contributed by atoms with van der Waals surface area (Å²) in [6.07, 6.45) is 0. The summed E-state index contributed by atoms with van der Waals surface area (Å²) < 4.78 is 5.28. The molecular weight excluding hydrogens is 214 g/mol. The van der Waals surface area contributed by atoms with E-state index < -0.39 is 0 Å². The van der Waals surface area contributed by atoms with E-state index in [9.17, 15) is 4.79 Å². The van der Waals surface area contributed by atoms with Gasteiger partial charge in [-0.2, -0.15) is 0 Å². The standard InChI is InChI=1S/C6H7NO2S3/c1-7-3-4(5(8)9-2)11-12-6(3)10/h7H,1-2H3. The number of hydrogen-bond acceptors (Lipinski definition) is 6. The van der Waals surface area contributed by atoms with Crippen LogP contribution < -0.4 is 5.32 Å². The Balaban J connectivity index is 3.16. The van der Waals surface area contributed by atoms with Crippen LogP contribution in [0.15, 0.2) is 0 Å². The van der Waals surface area contributed by atoms with Gasteiger partial charge in [0.05, 0.1) is 12.8 Å². The molecule has 0 aliphatic heterocycles. The van der Waals surface area contributed by atoms with E-state index in [2.05, 4.69) is 10.1 Å². The highest BCUT2D eigenvalue weighted by atomic mass is 32.9. The number of esters is 1. The summed E-state index contributed by atoms with van der Waals surface area (Å²) >= 11 is 5.00. The lowest BCUT2D eigenvalue weighted by molar-refractivity contribution is 0.0607. The molecule has 1 N–H and O–H groups in total. The van der Waals surface area contributed by atoms with Crippen molar-refractivity contribution in [2.45, 2.75) is 0 Å². The lowest BCUT2D eigenvalue weighted by Crippen LogP contribution is -2.01. The van der Waals surface area contributed by atoms with Crippen LogP contribution in [0.5, 0.6) is 0 Å². The summed E-state index contributed by atoms with van der Waals surface area (Å²) in [5.74, 6) is -0.336. The molecule has 1 rings (SSSR count). The van der Waals surface area contributed by atoms with Gasteiger partial charge in [-0.05, 0) is 0 Å². The zero-order valence-corrected chi connectivity index (χ0v) is 8.99. The Morgan fingerprint density at radius 2 is 2.25 bits per heavy atom. The minimum Gasteiger partial charge on any atom is -0.465 e. The third-order valence-corrected chi connectivity index (χ3v) is 4.25. The maximum Gasteiger partial charge on any atom is 0.351 e. The number of carbonyl (C=O) groups is 1. The number of nitrogens with one attached hydrogen (secondary N) is 1. The van der Waals surface area contributed by atoms with Crippen molar-refractivity contribution in [3.05, 3.63) is 8.70 Å². The van der Waals surface area contributed by atoms with Crippen molar-refractivity contribution >= 4 is 44.6 Å². The highest BCUT2D eigenvalue weighted by Gasteiger charge is 2.14. The first kappa shape index (κ1) is 9.63. The molecule has 0 aromatic carbocycles. The molecule has 0 atom stereocenters. The molecule has 0 amide bonds. The predicted molar refractivity (Wildman–Crippen MR) is 53.9 cm³/mol. The first-order chi connectivity index (χ1) is 5.70. The lowest BCUT2D eigenvalue weighted by atomic mass is 10.4. The molecule has 0 saturated carbocycles. The Kier molecular flexibility index (Phi) is 3.19. The van der Waals surface area contributed by atoms with Crippen molar-refractivity contribution in [3.8, 4) is 0 Å². The molecule has 3 nitrogen and oxygen atoms in total. The van der Waals surface area contributed by atoms with Crippen molar-refractivity contribution in [3.63, 3.8) is 0 Å². The lowest BCUT2D eigenvalue weighted by Gasteiger charge is -1.98. The van der Waals surface area contributed by atoms with Crippen molar-refractivity contribution in [2.24, 2.45) is 0 Å². The summed E-state index contributed by atoms with van der Waals surface area (Å²) in [6, 6.07) is 0. The van der Waals surface area contributed by atoms with Crippen LogP contribution in [0.25, 0.3) is 0 Å². The highest BCUT2D eigenvalue weighted by molar-refractivity contribution is 7.80. The Morgan fingerprint density at radius 1 is 1.58 bits per heavy atom. The fraction of sp³-hybridized carbons (Fsp3) is 0.333. The van der Waals surface area contributed by atoms with Crippen LogP contribution in [0.4, 0.5) is 5.69 Å². The van der Waals surface area contributed by atoms with Gasteiger partial charge in [0, 0.05) is 7.05 Å². The van der Waals surface area contributed by atoms with Crippen LogP contribution in [-0.4, -0.2) is 20.1 Å². The molecule has 0 unspecified atom stereocenters. The van der Waals surface area contributed by atoms with Gasteiger partial charge >= 0.3 is 5.97 Å². The summed E-state index contributed by atoms with van der Waals surface area (Å²) in [6.45, 7) is 0. The van der Waals surface area contributed by atoms with Gasteiger partial charge in [-0.1, -0.05) is 32.9 Å². The Hall–Kier alpha value is -0.460. The van der Waals surface area contributed by atoms with Gasteiger partial charge in [0.2, 0.25) is 0 Å². The number of methoxy groups -OCH3 is 1. The highest BCUT2D eigenvalue weighted by Crippen LogP contribution is 2.29. The smallest absolute Gasteiger partial charge is 0.351 e. The Bertz CT molecular complexity index is 341. The molecule has 66 valence electrons. The monoisotopic (exact) mass is 221 g/mol. The van der Waals surface area contributed by atoms with Gasteiger partial charge < -0.3 is 10.1 Å². The van der Waals surface area contributed by atoms with Crippen LogP contribution in [0.3, 0.4) is 0 Å². The number of ether oxygens (including phenoxy) is 1. The van der Waals surface area contributed by atoms with Gasteiger partial charge in [0.1, 0.15) is 8.70 Å². The average Bonchev–Trinajstić information content (AvgIpc) is 2.45. The van der Waals surface area contributed by atoms with Gasteiger partial charge in [-0.3, -0.25) is 0 Å². The second-order valence-corrected chi connectivity index (χ2v) is 4.72. The molecule has 0 aliphatic rings. The third kappa shape index (κ3) is 1.65. The average molecular weight is 221 g/mol. The second-order valence-electron chi connectivity index (χ2n) is 1.90. The van der Waals surface area contributed by atoms with Crippen LogP contribution >= 0.6 is 32.9 Å². The van der Waals surface area contributed by atoms with Crippen LogP contribution in [0, 0.1) is 3.82 Å². The zero-order valence-electron chi connectivity index (χ0n) is 6.54. The summed E-state index contributed by atoms with van der Waals surface area (Å²) in [5.41, 5.74) is 0.701. The van der Waals surface area contributed by atoms with E-state index in [4.69, 9.17) is 12.2 Å². The topological polar surface area (TPSA) is 38.3 Å². The number of hydrogen-bond donors (Lipinski definition) is 1. The van der Waals surface area contributed by atoms with E-state index in [0.29, 0.717) is 14.4 Å². The maximum atomic E-state index is 11.1. The second kappa shape index (κ2) is 3.97. The SMILES string of the molecule is CNc1c(C(=O)OC)ssc1=S. The van der Waals surface area contributed by atoms with E-state index >= 15 is 0 Å². The minimum atomic E-state index is -0.336. The van der Waals surface area contributed by atoms with Gasteiger partial charge in [0.15, 0.2) is 0 Å². The largest absolute Gasteiger partial charge is 0.465 e. The fourth-order valence-corrected chi connectivity index (χ4v) is 3.41. The Labute approximate surface area is 82.4 Å². The molecule has 1 aromatic rings. The zero-order chi connectivity index (χ0) is 9.14. The quantitative estimate of drug-likeness (QED) is 0.473. The molecule has 12 heavy (non-hydrogen) atoms. The number of carbonyl (C=O) groups excluding carboxylic acids is 1. The summed E-state index contributed by atoms with van der Waals surface area (Å²) in [4.78, 5) is 11.7. The molecule has 0 aliphatic carbocycles. The van der Waals surface area contributed by atoms with Gasteiger partial charge in [0.25, 0.3) is 0 Å². The first-order valence-corrected chi connectivity index (χ1v) is 5.65. The third-order valence-electron chi connectivity index (χ3n) is 1.25. The molecule has 0 bridgehead atoms. The Morgan fingerprint density at radius 3 is 2.75 bits per heavy atom. The predicted octanol–water partition coefficient (Wildman–Crippen LogP) is 2.37. The van der Waals surface area contributed by atoms with Crippen LogP contribution in [-0.2, 0) is 4.74 Å². The molecule has 6 heteroatoms. The first-order valence-electron chi connectivity index (χ1n) is 3.10. The molecular formula is C6H7NO2S3. The summed E-state index contributed by atoms with van der Waals surface area (Å²) in [7, 11) is 5.82. The minimum absolute atomic E-state index is 0.336. The number of anilines is 1. The molecule has 0 saturated heterocycles. The van der Waals surface area contributed by atoms with Crippen molar-refractivity contribution in [2.75, 3.05) is 19.5 Å². The van der Waals surface area contributed by atoms with Gasteiger partial charge in [-0.15, -0.1) is 0 Å². The molecule has 1 aromatic heterocycles. The van der Waals surface area contributed by atoms with E-state index in [-0.39, 0.29) is 5.97 Å². The van der Waals surface area contributed by atoms with E-state index in [1.165, 1.54) is 27.8 Å².